The second-order valence-electron chi connectivity index (χ2n) is 4.25. The normalized spacial score (nSPS) is 14.6. The second-order valence-corrected chi connectivity index (χ2v) is 5.82. The molecule has 1 aromatic carbocycles. The van der Waals surface area contributed by atoms with Crippen LogP contribution in [0.1, 0.15) is 31.7 Å². The molecule has 1 rings (SSSR count). The first kappa shape index (κ1) is 13.4. The van der Waals surface area contributed by atoms with Crippen LogP contribution in [0, 0.1) is 0 Å². The Bertz CT molecular complexity index is 311. The second kappa shape index (κ2) is 7.58. The predicted octanol–water partition coefficient (Wildman–Crippen LogP) is 2.45. The van der Waals surface area contributed by atoms with Gasteiger partial charge in [-0.15, -0.1) is 0 Å². The number of rotatable bonds is 7. The number of benzene rings is 1. The third kappa shape index (κ3) is 6.03. The van der Waals surface area contributed by atoms with Crippen molar-refractivity contribution in [1.29, 1.82) is 0 Å². The molecular weight excluding hydrogens is 218 g/mol. The summed E-state index contributed by atoms with van der Waals surface area (Å²) in [7, 11) is -0.727. The Morgan fingerprint density at radius 3 is 2.56 bits per heavy atom. The zero-order valence-electron chi connectivity index (χ0n) is 9.89. The molecule has 16 heavy (non-hydrogen) atoms. The van der Waals surface area contributed by atoms with Crippen molar-refractivity contribution in [1.82, 2.24) is 0 Å². The lowest BCUT2D eigenvalue weighted by Crippen LogP contribution is -2.14. The third-order valence-electron chi connectivity index (χ3n) is 2.45. The summed E-state index contributed by atoms with van der Waals surface area (Å²) in [5.74, 6) is 1.47. The van der Waals surface area contributed by atoms with Gasteiger partial charge in [-0.3, -0.25) is 4.21 Å². The molecule has 0 saturated heterocycles. The molecule has 2 N–H and O–H groups in total. The van der Waals surface area contributed by atoms with E-state index in [0.29, 0.717) is 5.75 Å². The van der Waals surface area contributed by atoms with Gasteiger partial charge < -0.3 is 5.73 Å². The van der Waals surface area contributed by atoms with E-state index in [1.165, 1.54) is 0 Å². The van der Waals surface area contributed by atoms with E-state index in [-0.39, 0.29) is 6.04 Å². The van der Waals surface area contributed by atoms with Crippen LogP contribution in [0.4, 0.5) is 0 Å². The van der Waals surface area contributed by atoms with Crippen LogP contribution in [-0.2, 0) is 16.6 Å². The summed E-state index contributed by atoms with van der Waals surface area (Å²) in [5, 5.41) is 0. The lowest BCUT2D eigenvalue weighted by Gasteiger charge is -2.05. The van der Waals surface area contributed by atoms with E-state index < -0.39 is 10.8 Å². The van der Waals surface area contributed by atoms with Crippen molar-refractivity contribution in [2.45, 2.75) is 38.0 Å². The van der Waals surface area contributed by atoms with Crippen molar-refractivity contribution >= 4 is 10.8 Å². The molecule has 2 nitrogen and oxygen atoms in total. The van der Waals surface area contributed by atoms with Gasteiger partial charge in [0.2, 0.25) is 0 Å². The third-order valence-corrected chi connectivity index (χ3v) is 3.85. The molecule has 0 fully saturated rings. The minimum Gasteiger partial charge on any atom is -0.328 e. The maximum atomic E-state index is 11.7. The molecule has 0 aromatic heterocycles. The summed E-state index contributed by atoms with van der Waals surface area (Å²) < 4.78 is 11.7. The number of hydrogen-bond acceptors (Lipinski definition) is 2. The van der Waals surface area contributed by atoms with Gasteiger partial charge in [0.15, 0.2) is 0 Å². The van der Waals surface area contributed by atoms with E-state index in [0.717, 1.165) is 30.6 Å². The van der Waals surface area contributed by atoms with E-state index in [4.69, 9.17) is 5.73 Å². The first-order valence-corrected chi connectivity index (χ1v) is 7.32. The highest BCUT2D eigenvalue weighted by Crippen LogP contribution is 2.06. The minimum absolute atomic E-state index is 0.266. The molecule has 1 aromatic rings. The molecule has 2 unspecified atom stereocenters. The molecule has 0 saturated carbocycles. The van der Waals surface area contributed by atoms with Crippen LogP contribution in [0.15, 0.2) is 30.3 Å². The van der Waals surface area contributed by atoms with Crippen LogP contribution in [-0.4, -0.2) is 16.0 Å². The zero-order valence-corrected chi connectivity index (χ0v) is 10.7. The van der Waals surface area contributed by atoms with Crippen molar-refractivity contribution < 1.29 is 4.21 Å². The highest BCUT2D eigenvalue weighted by atomic mass is 32.2. The molecule has 90 valence electrons. The summed E-state index contributed by atoms with van der Waals surface area (Å²) in [4.78, 5) is 0. The van der Waals surface area contributed by atoms with E-state index in [2.05, 4.69) is 0 Å². The lowest BCUT2D eigenvalue weighted by molar-refractivity contribution is 0.613. The topological polar surface area (TPSA) is 43.1 Å². The van der Waals surface area contributed by atoms with Crippen molar-refractivity contribution in [3.8, 4) is 0 Å². The Kier molecular flexibility index (Phi) is 6.34. The zero-order chi connectivity index (χ0) is 11.8. The monoisotopic (exact) mass is 239 g/mol. The van der Waals surface area contributed by atoms with E-state index in [1.807, 2.05) is 37.3 Å². The van der Waals surface area contributed by atoms with Gasteiger partial charge >= 0.3 is 0 Å². The van der Waals surface area contributed by atoms with E-state index >= 15 is 0 Å². The van der Waals surface area contributed by atoms with Gasteiger partial charge in [0.25, 0.3) is 0 Å². The van der Waals surface area contributed by atoms with Crippen molar-refractivity contribution in [3.05, 3.63) is 35.9 Å². The summed E-state index contributed by atoms with van der Waals surface area (Å²) in [6.07, 6.45) is 3.13. The molecule has 0 aliphatic heterocycles. The van der Waals surface area contributed by atoms with Gasteiger partial charge in [-0.25, -0.2) is 0 Å². The first-order valence-electron chi connectivity index (χ1n) is 5.83. The van der Waals surface area contributed by atoms with Crippen LogP contribution in [0.3, 0.4) is 0 Å². The fourth-order valence-corrected chi connectivity index (χ4v) is 2.80. The predicted molar refractivity (Wildman–Crippen MR) is 70.7 cm³/mol. The average Bonchev–Trinajstić information content (AvgIpc) is 2.25. The maximum absolute atomic E-state index is 11.7. The molecular formula is C13H21NOS. The standard InChI is InChI=1S/C13H21NOS/c1-12(14)7-5-6-10-16(15)11-13-8-3-2-4-9-13/h2-4,8-9,12H,5-7,10-11,14H2,1H3. The van der Waals surface area contributed by atoms with Crippen LogP contribution in [0.25, 0.3) is 0 Å². The van der Waals surface area contributed by atoms with Crippen LogP contribution in [0.2, 0.25) is 0 Å². The van der Waals surface area contributed by atoms with Crippen molar-refractivity contribution in [2.24, 2.45) is 5.73 Å². The van der Waals surface area contributed by atoms with Crippen LogP contribution >= 0.6 is 0 Å². The Labute approximate surface area is 101 Å². The molecule has 2 atom stereocenters. The smallest absolute Gasteiger partial charge is 0.0485 e. The summed E-state index contributed by atoms with van der Waals surface area (Å²) in [6, 6.07) is 10.3. The molecule has 0 bridgehead atoms. The Morgan fingerprint density at radius 1 is 1.25 bits per heavy atom. The molecule has 0 heterocycles. The largest absolute Gasteiger partial charge is 0.328 e. The van der Waals surface area contributed by atoms with Crippen molar-refractivity contribution in [3.63, 3.8) is 0 Å². The average molecular weight is 239 g/mol. The SMILES string of the molecule is CC(N)CCCCS(=O)Cc1ccccc1. The van der Waals surface area contributed by atoms with Gasteiger partial charge in [-0.2, -0.15) is 0 Å². The molecule has 0 aliphatic carbocycles. The maximum Gasteiger partial charge on any atom is 0.0485 e. The van der Waals surface area contributed by atoms with Gasteiger partial charge in [-0.1, -0.05) is 36.8 Å². The quantitative estimate of drug-likeness (QED) is 0.743. The minimum atomic E-state index is -0.727. The molecule has 0 spiro atoms. The van der Waals surface area contributed by atoms with Crippen LogP contribution < -0.4 is 5.73 Å². The fourth-order valence-electron chi connectivity index (χ4n) is 1.56. The van der Waals surface area contributed by atoms with E-state index in [9.17, 15) is 4.21 Å². The summed E-state index contributed by atoms with van der Waals surface area (Å²) in [5.41, 5.74) is 6.82. The van der Waals surface area contributed by atoms with E-state index in [1.54, 1.807) is 0 Å². The highest BCUT2D eigenvalue weighted by Gasteiger charge is 2.02. The summed E-state index contributed by atoms with van der Waals surface area (Å²) >= 11 is 0. The van der Waals surface area contributed by atoms with Crippen molar-refractivity contribution in [2.75, 3.05) is 5.75 Å². The van der Waals surface area contributed by atoms with Gasteiger partial charge in [-0.05, 0) is 25.3 Å². The highest BCUT2D eigenvalue weighted by molar-refractivity contribution is 7.84. The first-order chi connectivity index (χ1) is 7.68. The van der Waals surface area contributed by atoms with Gasteiger partial charge in [0.05, 0.1) is 0 Å². The lowest BCUT2D eigenvalue weighted by atomic mass is 10.2. The number of hydrogen-bond donors (Lipinski definition) is 1. The van der Waals surface area contributed by atoms with Crippen LogP contribution in [0.5, 0.6) is 0 Å². The Morgan fingerprint density at radius 2 is 1.94 bits per heavy atom. The molecule has 0 radical (unpaired) electrons. The number of nitrogens with two attached hydrogens (primary N) is 1. The molecule has 3 heteroatoms. The molecule has 0 aliphatic rings. The van der Waals surface area contributed by atoms with Gasteiger partial charge in [0, 0.05) is 28.3 Å². The fraction of sp³-hybridized carbons (Fsp3) is 0.538. The molecule has 0 amide bonds. The summed E-state index contributed by atoms with van der Waals surface area (Å²) in [6.45, 7) is 2.01. The number of unbranched alkanes of at least 4 members (excludes halogenated alkanes) is 1. The Balaban J connectivity index is 2.17. The Hall–Kier alpha value is -0.670. The van der Waals surface area contributed by atoms with Gasteiger partial charge in [0.1, 0.15) is 0 Å².